The summed E-state index contributed by atoms with van der Waals surface area (Å²) in [5.74, 6) is -0.385. The van der Waals surface area contributed by atoms with Gasteiger partial charge in [0.1, 0.15) is 0 Å². The number of pyridine rings is 2. The Hall–Kier alpha value is -4.04. The summed E-state index contributed by atoms with van der Waals surface area (Å²) in [5, 5.41) is 4.11. The Morgan fingerprint density at radius 2 is 1.91 bits per heavy atom. The minimum absolute atomic E-state index is 0.177. The molecule has 1 aliphatic heterocycles. The van der Waals surface area contributed by atoms with E-state index >= 15 is 0 Å². The second-order valence-corrected chi connectivity index (χ2v) is 8.31. The minimum Gasteiger partial charge on any atom is -0.465 e. The molecule has 5 rings (SSSR count). The topological polar surface area (TPSA) is 72.3 Å². The van der Waals surface area contributed by atoms with Crippen molar-refractivity contribution in [3.8, 4) is 5.69 Å². The summed E-state index contributed by atoms with van der Waals surface area (Å²) in [7, 11) is 1.39. The lowest BCUT2D eigenvalue weighted by molar-refractivity contribution is 0.0600. The molecule has 0 radical (unpaired) electrons. The Kier molecular flexibility index (Phi) is 6.05. The second kappa shape index (κ2) is 9.44. The Morgan fingerprint density at radius 1 is 1.06 bits per heavy atom. The number of nitrogens with zero attached hydrogens (tertiary/aromatic N) is 4. The first kappa shape index (κ1) is 21.8. The lowest BCUT2D eigenvalue weighted by Gasteiger charge is -2.29. The molecule has 0 aliphatic carbocycles. The number of thiocarbonyl (C=S) groups is 1. The molecule has 0 amide bonds. The molecule has 1 N–H and O–H groups in total. The van der Waals surface area contributed by atoms with Crippen molar-refractivity contribution >= 4 is 23.3 Å². The van der Waals surface area contributed by atoms with Crippen LogP contribution in [0.15, 0.2) is 91.5 Å². The van der Waals surface area contributed by atoms with Crippen molar-refractivity contribution in [2.45, 2.75) is 18.6 Å². The summed E-state index contributed by atoms with van der Waals surface area (Å²) < 4.78 is 7.06. The number of carbonyl (C=O) groups excluding carboxylic acids is 1. The van der Waals surface area contributed by atoms with Crippen molar-refractivity contribution in [1.82, 2.24) is 24.8 Å². The van der Waals surface area contributed by atoms with Crippen molar-refractivity contribution in [1.29, 1.82) is 0 Å². The molecule has 0 saturated carbocycles. The Labute approximate surface area is 203 Å². The van der Waals surface area contributed by atoms with Crippen LogP contribution in [0.5, 0.6) is 0 Å². The third-order valence-electron chi connectivity index (χ3n) is 5.93. The fourth-order valence-electron chi connectivity index (χ4n) is 4.41. The van der Waals surface area contributed by atoms with E-state index in [-0.39, 0.29) is 18.1 Å². The van der Waals surface area contributed by atoms with Gasteiger partial charge in [0.05, 0.1) is 36.1 Å². The van der Waals surface area contributed by atoms with Crippen LogP contribution in [0.4, 0.5) is 0 Å². The summed E-state index contributed by atoms with van der Waals surface area (Å²) in [6, 6.07) is 20.9. The molecule has 4 aromatic rings. The smallest absolute Gasteiger partial charge is 0.339 e. The number of carbonyl (C=O) groups is 1. The van der Waals surface area contributed by atoms with Gasteiger partial charge in [0.2, 0.25) is 0 Å². The maximum atomic E-state index is 12.5. The third kappa shape index (κ3) is 4.04. The molecular formula is C26H23N5O2S. The number of aromatic nitrogens is 3. The number of nitrogens with one attached hydrogen (secondary N) is 1. The van der Waals surface area contributed by atoms with Gasteiger partial charge in [0.15, 0.2) is 5.11 Å². The van der Waals surface area contributed by atoms with E-state index in [1.54, 1.807) is 18.5 Å². The summed E-state index contributed by atoms with van der Waals surface area (Å²) in [5.41, 5.74) is 4.14. The number of benzene rings is 1. The van der Waals surface area contributed by atoms with E-state index in [1.807, 2.05) is 71.6 Å². The van der Waals surface area contributed by atoms with Gasteiger partial charge in [-0.3, -0.25) is 9.97 Å². The predicted octanol–water partition coefficient (Wildman–Crippen LogP) is 4.23. The zero-order valence-electron chi connectivity index (χ0n) is 18.5. The SMILES string of the molecule is COC(=O)c1ccccc1-n1cccc1[C@@H]1[C@H](c2ccccn2)NC(=S)N1Cc1cccnc1. The number of hydrogen-bond donors (Lipinski definition) is 1. The standard InChI is InChI=1S/C26H23N5O2S/c1-33-25(32)19-9-2-3-11-21(19)30-15-7-12-22(30)24-23(20-10-4-5-14-28-20)29-26(34)31(24)17-18-8-6-13-27-16-18/h2-16,23-24H,17H2,1H3,(H,29,34)/t23-,24+/m0/s1. The van der Waals surface area contributed by atoms with E-state index in [9.17, 15) is 4.79 Å². The fourth-order valence-corrected chi connectivity index (χ4v) is 4.71. The molecule has 7 nitrogen and oxygen atoms in total. The first-order chi connectivity index (χ1) is 16.7. The van der Waals surface area contributed by atoms with Crippen LogP contribution in [0.2, 0.25) is 0 Å². The van der Waals surface area contributed by atoms with Crippen LogP contribution in [0.3, 0.4) is 0 Å². The normalized spacial score (nSPS) is 17.4. The molecule has 34 heavy (non-hydrogen) atoms. The molecule has 4 heterocycles. The summed E-state index contributed by atoms with van der Waals surface area (Å²) in [6.45, 7) is 0.581. The molecule has 3 aromatic heterocycles. The van der Waals surface area contributed by atoms with Crippen molar-refractivity contribution < 1.29 is 9.53 Å². The fraction of sp³-hybridized carbons (Fsp3) is 0.154. The van der Waals surface area contributed by atoms with Gasteiger partial charge in [0, 0.05) is 37.0 Å². The van der Waals surface area contributed by atoms with Crippen LogP contribution in [0, 0.1) is 0 Å². The van der Waals surface area contributed by atoms with E-state index in [2.05, 4.69) is 26.3 Å². The van der Waals surface area contributed by atoms with Crippen LogP contribution >= 0.6 is 12.2 Å². The van der Waals surface area contributed by atoms with Gasteiger partial charge in [-0.15, -0.1) is 0 Å². The highest BCUT2D eigenvalue weighted by molar-refractivity contribution is 7.80. The molecule has 8 heteroatoms. The highest BCUT2D eigenvalue weighted by Gasteiger charge is 2.41. The number of hydrogen-bond acceptors (Lipinski definition) is 5. The zero-order chi connectivity index (χ0) is 23.5. The molecule has 2 atom stereocenters. The van der Waals surface area contributed by atoms with Gasteiger partial charge in [-0.25, -0.2) is 4.79 Å². The average molecular weight is 470 g/mol. The Morgan fingerprint density at radius 3 is 2.68 bits per heavy atom. The summed E-state index contributed by atoms with van der Waals surface area (Å²) in [6.07, 6.45) is 7.34. The maximum absolute atomic E-state index is 12.5. The van der Waals surface area contributed by atoms with Gasteiger partial charge in [-0.05, 0) is 60.2 Å². The average Bonchev–Trinajstić information content (AvgIpc) is 3.49. The number of esters is 1. The predicted molar refractivity (Wildman–Crippen MR) is 132 cm³/mol. The van der Waals surface area contributed by atoms with E-state index in [0.29, 0.717) is 17.2 Å². The van der Waals surface area contributed by atoms with Gasteiger partial charge in [-0.2, -0.15) is 0 Å². The molecule has 1 aromatic carbocycles. The molecular weight excluding hydrogens is 446 g/mol. The summed E-state index contributed by atoms with van der Waals surface area (Å²) in [4.78, 5) is 23.5. The van der Waals surface area contributed by atoms with Gasteiger partial charge >= 0.3 is 5.97 Å². The van der Waals surface area contributed by atoms with Crippen molar-refractivity contribution in [3.63, 3.8) is 0 Å². The van der Waals surface area contributed by atoms with Crippen LogP contribution in [-0.4, -0.2) is 37.6 Å². The number of ether oxygens (including phenoxy) is 1. The van der Waals surface area contributed by atoms with E-state index in [0.717, 1.165) is 22.6 Å². The molecule has 0 spiro atoms. The number of rotatable bonds is 6. The van der Waals surface area contributed by atoms with Gasteiger partial charge in [-0.1, -0.05) is 24.3 Å². The Balaban J connectivity index is 1.63. The highest BCUT2D eigenvalue weighted by Crippen LogP contribution is 2.40. The van der Waals surface area contributed by atoms with Crippen LogP contribution < -0.4 is 5.32 Å². The lowest BCUT2D eigenvalue weighted by Crippen LogP contribution is -2.30. The monoisotopic (exact) mass is 469 g/mol. The van der Waals surface area contributed by atoms with Crippen molar-refractivity contribution in [3.05, 3.63) is 114 Å². The van der Waals surface area contributed by atoms with Crippen LogP contribution in [0.25, 0.3) is 5.69 Å². The zero-order valence-corrected chi connectivity index (χ0v) is 19.4. The first-order valence-corrected chi connectivity index (χ1v) is 11.3. The van der Waals surface area contributed by atoms with Gasteiger partial charge in [0.25, 0.3) is 0 Å². The number of methoxy groups -OCH3 is 1. The van der Waals surface area contributed by atoms with Crippen LogP contribution in [-0.2, 0) is 11.3 Å². The van der Waals surface area contributed by atoms with Crippen LogP contribution in [0.1, 0.15) is 39.4 Å². The van der Waals surface area contributed by atoms with E-state index < -0.39 is 0 Å². The highest BCUT2D eigenvalue weighted by atomic mass is 32.1. The van der Waals surface area contributed by atoms with E-state index in [1.165, 1.54) is 7.11 Å². The molecule has 1 saturated heterocycles. The second-order valence-electron chi connectivity index (χ2n) is 7.93. The van der Waals surface area contributed by atoms with E-state index in [4.69, 9.17) is 17.0 Å². The third-order valence-corrected chi connectivity index (χ3v) is 6.28. The van der Waals surface area contributed by atoms with Crippen molar-refractivity contribution in [2.75, 3.05) is 7.11 Å². The quantitative estimate of drug-likeness (QED) is 0.335. The molecule has 1 fully saturated rings. The minimum atomic E-state index is -0.385. The molecule has 0 unspecified atom stereocenters. The number of para-hydroxylation sites is 1. The molecule has 0 bridgehead atoms. The Bertz CT molecular complexity index is 1310. The van der Waals surface area contributed by atoms with Gasteiger partial charge < -0.3 is 19.5 Å². The molecule has 1 aliphatic rings. The van der Waals surface area contributed by atoms with Crippen molar-refractivity contribution in [2.24, 2.45) is 0 Å². The lowest BCUT2D eigenvalue weighted by atomic mass is 10.0. The summed E-state index contributed by atoms with van der Waals surface area (Å²) >= 11 is 5.80. The molecule has 170 valence electrons. The first-order valence-electron chi connectivity index (χ1n) is 10.9. The maximum Gasteiger partial charge on any atom is 0.339 e. The largest absolute Gasteiger partial charge is 0.465 e.